The van der Waals surface area contributed by atoms with Gasteiger partial charge in [-0.25, -0.2) is 4.72 Å². The van der Waals surface area contributed by atoms with Crippen LogP contribution in [0.15, 0.2) is 0 Å². The van der Waals surface area contributed by atoms with Crippen LogP contribution in [0.2, 0.25) is 0 Å². The van der Waals surface area contributed by atoms with Crippen molar-refractivity contribution < 1.29 is 13.2 Å². The molecule has 1 amide bonds. The van der Waals surface area contributed by atoms with Gasteiger partial charge in [0.1, 0.15) is 0 Å². The van der Waals surface area contributed by atoms with Crippen molar-refractivity contribution in [3.8, 4) is 0 Å². The SMILES string of the molecule is CCCNS(=O)(=O)NC(C)=O. The fourth-order valence-electron chi connectivity index (χ4n) is 0.462. The molecule has 0 heterocycles. The average molecular weight is 180 g/mol. The maximum absolute atomic E-state index is 10.8. The average Bonchev–Trinajstić information content (AvgIpc) is 1.81. The zero-order chi connectivity index (χ0) is 8.91. The minimum Gasteiger partial charge on any atom is -0.274 e. The first-order chi connectivity index (χ1) is 4.98. The Morgan fingerprint density at radius 1 is 1.45 bits per heavy atom. The van der Waals surface area contributed by atoms with Gasteiger partial charge in [0, 0.05) is 13.5 Å². The van der Waals surface area contributed by atoms with Crippen LogP contribution in [0, 0.1) is 0 Å². The molecule has 0 saturated carbocycles. The lowest BCUT2D eigenvalue weighted by Crippen LogP contribution is -2.39. The lowest BCUT2D eigenvalue weighted by Gasteiger charge is -2.03. The summed E-state index contributed by atoms with van der Waals surface area (Å²) in [6.45, 7) is 3.31. The number of hydrogen-bond donors (Lipinski definition) is 2. The molecule has 0 aromatic rings. The second-order valence-electron chi connectivity index (χ2n) is 2.06. The Bertz CT molecular complexity index is 222. The molecule has 0 atom stereocenters. The Balaban J connectivity index is 3.92. The van der Waals surface area contributed by atoms with Crippen LogP contribution in [0.1, 0.15) is 20.3 Å². The Morgan fingerprint density at radius 2 is 2.00 bits per heavy atom. The molecule has 0 aliphatic heterocycles. The zero-order valence-corrected chi connectivity index (χ0v) is 7.36. The van der Waals surface area contributed by atoms with E-state index in [1.54, 1.807) is 4.72 Å². The van der Waals surface area contributed by atoms with Crippen LogP contribution in [0.5, 0.6) is 0 Å². The summed E-state index contributed by atoms with van der Waals surface area (Å²) in [6.07, 6.45) is 0.693. The van der Waals surface area contributed by atoms with E-state index in [4.69, 9.17) is 0 Å². The van der Waals surface area contributed by atoms with Crippen LogP contribution < -0.4 is 9.44 Å². The summed E-state index contributed by atoms with van der Waals surface area (Å²) < 4.78 is 25.5. The fraction of sp³-hybridized carbons (Fsp3) is 0.800. The summed E-state index contributed by atoms with van der Waals surface area (Å²) in [5, 5.41) is 0. The zero-order valence-electron chi connectivity index (χ0n) is 6.55. The van der Waals surface area contributed by atoms with Gasteiger partial charge in [-0.15, -0.1) is 0 Å². The molecule has 0 saturated heterocycles. The first-order valence-electron chi connectivity index (χ1n) is 3.26. The summed E-state index contributed by atoms with van der Waals surface area (Å²) >= 11 is 0. The number of amides is 1. The van der Waals surface area contributed by atoms with E-state index in [1.807, 2.05) is 6.92 Å². The van der Waals surface area contributed by atoms with Crippen LogP contribution >= 0.6 is 0 Å². The maximum Gasteiger partial charge on any atom is 0.301 e. The molecular formula is C5H12N2O3S. The highest BCUT2D eigenvalue weighted by molar-refractivity contribution is 7.88. The van der Waals surface area contributed by atoms with Crippen LogP contribution in [0.4, 0.5) is 0 Å². The van der Waals surface area contributed by atoms with Crippen molar-refractivity contribution in [3.63, 3.8) is 0 Å². The van der Waals surface area contributed by atoms with Crippen LogP contribution in [-0.2, 0) is 15.0 Å². The van der Waals surface area contributed by atoms with Gasteiger partial charge >= 0.3 is 10.2 Å². The first kappa shape index (κ1) is 10.4. The summed E-state index contributed by atoms with van der Waals surface area (Å²) in [4.78, 5) is 10.3. The number of rotatable bonds is 4. The van der Waals surface area contributed by atoms with Gasteiger partial charge in [0.05, 0.1) is 0 Å². The minimum absolute atomic E-state index is 0.336. The topological polar surface area (TPSA) is 75.3 Å². The first-order valence-corrected chi connectivity index (χ1v) is 4.74. The molecule has 0 aromatic heterocycles. The standard InChI is InChI=1S/C5H12N2O3S/c1-3-4-6-11(9,10)7-5(2)8/h6H,3-4H2,1-2H3,(H,7,8). The van der Waals surface area contributed by atoms with E-state index in [1.165, 1.54) is 0 Å². The highest BCUT2D eigenvalue weighted by Gasteiger charge is 2.08. The highest BCUT2D eigenvalue weighted by Crippen LogP contribution is 1.78. The Labute approximate surface area is 66.4 Å². The highest BCUT2D eigenvalue weighted by atomic mass is 32.2. The molecule has 0 fully saturated rings. The lowest BCUT2D eigenvalue weighted by atomic mass is 10.5. The molecule has 0 aromatic carbocycles. The molecule has 5 nitrogen and oxygen atoms in total. The molecule has 66 valence electrons. The summed E-state index contributed by atoms with van der Waals surface area (Å²) in [5.41, 5.74) is 0. The molecule has 0 bridgehead atoms. The molecule has 0 rings (SSSR count). The van der Waals surface area contributed by atoms with E-state index < -0.39 is 16.1 Å². The molecule has 0 aliphatic rings. The van der Waals surface area contributed by atoms with Crippen molar-refractivity contribution >= 4 is 16.1 Å². The van der Waals surface area contributed by atoms with Gasteiger partial charge < -0.3 is 0 Å². The van der Waals surface area contributed by atoms with Crippen molar-refractivity contribution in [1.29, 1.82) is 0 Å². The molecular weight excluding hydrogens is 168 g/mol. The van der Waals surface area contributed by atoms with E-state index in [2.05, 4.69) is 4.72 Å². The Hall–Kier alpha value is -0.620. The molecule has 6 heteroatoms. The number of carbonyl (C=O) groups is 1. The smallest absolute Gasteiger partial charge is 0.274 e. The van der Waals surface area contributed by atoms with Crippen LogP contribution in [-0.4, -0.2) is 20.9 Å². The van der Waals surface area contributed by atoms with Gasteiger partial charge in [0.15, 0.2) is 0 Å². The van der Waals surface area contributed by atoms with Crippen molar-refractivity contribution in [2.45, 2.75) is 20.3 Å². The molecule has 0 radical (unpaired) electrons. The minimum atomic E-state index is -3.59. The fourth-order valence-corrected chi connectivity index (χ4v) is 1.39. The van der Waals surface area contributed by atoms with E-state index >= 15 is 0 Å². The van der Waals surface area contributed by atoms with Crippen molar-refractivity contribution in [1.82, 2.24) is 9.44 Å². The Kier molecular flexibility index (Phi) is 4.06. The summed E-state index contributed by atoms with van der Waals surface area (Å²) in [7, 11) is -3.59. The van der Waals surface area contributed by atoms with Crippen molar-refractivity contribution in [2.75, 3.05) is 6.54 Å². The number of carbonyl (C=O) groups excluding carboxylic acids is 1. The quantitative estimate of drug-likeness (QED) is 0.604. The monoisotopic (exact) mass is 180 g/mol. The van der Waals surface area contributed by atoms with Crippen LogP contribution in [0.3, 0.4) is 0 Å². The number of hydrogen-bond acceptors (Lipinski definition) is 3. The second kappa shape index (κ2) is 4.30. The van der Waals surface area contributed by atoms with Gasteiger partial charge in [0.25, 0.3) is 0 Å². The number of nitrogens with one attached hydrogen (secondary N) is 2. The molecule has 0 aliphatic carbocycles. The van der Waals surface area contributed by atoms with Gasteiger partial charge in [-0.05, 0) is 6.42 Å². The van der Waals surface area contributed by atoms with Gasteiger partial charge in [0.2, 0.25) is 5.91 Å². The normalized spacial score (nSPS) is 11.1. The predicted molar refractivity (Wildman–Crippen MR) is 41.0 cm³/mol. The third-order valence-electron chi connectivity index (χ3n) is 0.820. The third-order valence-corrected chi connectivity index (χ3v) is 1.96. The molecule has 0 unspecified atom stereocenters. The summed E-state index contributed by atoms with van der Waals surface area (Å²) in [6, 6.07) is 0. The van der Waals surface area contributed by atoms with E-state index in [0.717, 1.165) is 6.92 Å². The largest absolute Gasteiger partial charge is 0.301 e. The predicted octanol–water partition coefficient (Wildman–Crippen LogP) is -0.633. The Morgan fingerprint density at radius 3 is 2.36 bits per heavy atom. The third kappa shape index (κ3) is 5.81. The van der Waals surface area contributed by atoms with E-state index in [9.17, 15) is 13.2 Å². The molecule has 11 heavy (non-hydrogen) atoms. The second-order valence-corrected chi connectivity index (χ2v) is 3.56. The van der Waals surface area contributed by atoms with Crippen molar-refractivity contribution in [2.24, 2.45) is 0 Å². The lowest BCUT2D eigenvalue weighted by molar-refractivity contribution is -0.117. The van der Waals surface area contributed by atoms with Gasteiger partial charge in [-0.2, -0.15) is 13.1 Å². The van der Waals surface area contributed by atoms with Gasteiger partial charge in [-0.3, -0.25) is 4.79 Å². The van der Waals surface area contributed by atoms with Gasteiger partial charge in [-0.1, -0.05) is 6.92 Å². The summed E-state index contributed by atoms with van der Waals surface area (Å²) in [5.74, 6) is -0.589. The molecule has 0 spiro atoms. The maximum atomic E-state index is 10.8. The van der Waals surface area contributed by atoms with Crippen LogP contribution in [0.25, 0.3) is 0 Å². The van der Waals surface area contributed by atoms with E-state index in [-0.39, 0.29) is 0 Å². The van der Waals surface area contributed by atoms with E-state index in [0.29, 0.717) is 13.0 Å². The molecule has 2 N–H and O–H groups in total. The van der Waals surface area contributed by atoms with Crippen molar-refractivity contribution in [3.05, 3.63) is 0 Å².